The number of hydrogen-bond acceptors (Lipinski definition) is 11. The smallest absolute Gasteiger partial charge is 0.187 e. The highest BCUT2D eigenvalue weighted by Crippen LogP contribution is 2.42. The van der Waals surface area contributed by atoms with Gasteiger partial charge in [0.1, 0.15) is 24.4 Å². The summed E-state index contributed by atoms with van der Waals surface area (Å²) in [5, 5.41) is 4.15. The summed E-state index contributed by atoms with van der Waals surface area (Å²) in [7, 11) is 0. The van der Waals surface area contributed by atoms with Gasteiger partial charge in [-0.1, -0.05) is 110 Å². The molecule has 4 fully saturated rings. The fourth-order valence-corrected chi connectivity index (χ4v) is 8.43. The molecule has 308 valence electrons. The first-order chi connectivity index (χ1) is 27.6. The zero-order valence-corrected chi connectivity index (χ0v) is 33.7. The number of azide groups is 1. The summed E-state index contributed by atoms with van der Waals surface area (Å²) in [5.74, 6) is -1.36. The van der Waals surface area contributed by atoms with Crippen LogP contribution in [0.3, 0.4) is 0 Å². The van der Waals surface area contributed by atoms with E-state index in [1.807, 2.05) is 113 Å². The van der Waals surface area contributed by atoms with Gasteiger partial charge in [-0.25, -0.2) is 0 Å². The molecule has 0 aliphatic carbocycles. The molecular weight excluding hydrogens is 730 g/mol. The molecule has 4 aliphatic rings. The zero-order chi connectivity index (χ0) is 39.9. The number of fused-ring (bicyclic) bond motifs is 1. The Hall–Kier alpha value is -3.43. The molecule has 57 heavy (non-hydrogen) atoms. The average Bonchev–Trinajstić information content (AvgIpc) is 3.55. The van der Waals surface area contributed by atoms with Crippen LogP contribution in [-0.4, -0.2) is 92.6 Å². The van der Waals surface area contributed by atoms with Crippen LogP contribution in [0.1, 0.15) is 58.2 Å². The minimum Gasteiger partial charge on any atom is -0.374 e. The van der Waals surface area contributed by atoms with E-state index in [2.05, 4.69) is 29.1 Å². The van der Waals surface area contributed by atoms with Gasteiger partial charge in [0.15, 0.2) is 18.4 Å². The highest BCUT2D eigenvalue weighted by molar-refractivity contribution is 5.15. The summed E-state index contributed by atoms with van der Waals surface area (Å²) in [6.45, 7) is 13.6. The van der Waals surface area contributed by atoms with E-state index in [1.54, 1.807) is 0 Å². The second-order valence-corrected chi connectivity index (χ2v) is 16.1. The Kier molecular flexibility index (Phi) is 14.0. The molecule has 0 aromatic heterocycles. The minimum atomic E-state index is -0.933. The van der Waals surface area contributed by atoms with E-state index in [-0.39, 0.29) is 43.4 Å². The van der Waals surface area contributed by atoms with E-state index in [0.29, 0.717) is 19.8 Å². The summed E-state index contributed by atoms with van der Waals surface area (Å²) < 4.78 is 65.1. The Bertz CT molecular complexity index is 1730. The van der Waals surface area contributed by atoms with Crippen molar-refractivity contribution in [1.82, 2.24) is 0 Å². The van der Waals surface area contributed by atoms with Crippen LogP contribution in [-0.2, 0) is 67.2 Å². The van der Waals surface area contributed by atoms with Crippen LogP contribution in [0.2, 0.25) is 0 Å². The van der Waals surface area contributed by atoms with Gasteiger partial charge in [-0.3, -0.25) is 0 Å². The molecule has 4 aliphatic heterocycles. The Morgan fingerprint density at radius 3 is 1.86 bits per heavy atom. The Balaban J connectivity index is 1.02. The quantitative estimate of drug-likeness (QED) is 0.0864. The lowest BCUT2D eigenvalue weighted by molar-refractivity contribution is -0.340. The predicted octanol–water partition coefficient (Wildman–Crippen LogP) is 7.50. The first-order valence-electron chi connectivity index (χ1n) is 20.2. The van der Waals surface area contributed by atoms with Crippen molar-refractivity contribution in [3.05, 3.63) is 118 Å². The van der Waals surface area contributed by atoms with E-state index in [4.69, 9.17) is 47.4 Å². The van der Waals surface area contributed by atoms with Crippen molar-refractivity contribution in [3.8, 4) is 0 Å². The van der Waals surface area contributed by atoms with Gasteiger partial charge in [0.05, 0.1) is 69.6 Å². The predicted molar refractivity (Wildman–Crippen MR) is 209 cm³/mol. The largest absolute Gasteiger partial charge is 0.374 e. The lowest BCUT2D eigenvalue weighted by atomic mass is 9.86. The second-order valence-electron chi connectivity index (χ2n) is 16.1. The molecule has 13 heteroatoms. The van der Waals surface area contributed by atoms with Crippen molar-refractivity contribution in [2.24, 2.45) is 17.0 Å². The Labute approximate surface area is 335 Å². The van der Waals surface area contributed by atoms with Crippen LogP contribution in [0.5, 0.6) is 0 Å². The molecule has 0 amide bonds. The van der Waals surface area contributed by atoms with E-state index in [0.717, 1.165) is 16.7 Å². The van der Waals surface area contributed by atoms with E-state index in [9.17, 15) is 5.53 Å². The molecule has 0 radical (unpaired) electrons. The molecule has 7 rings (SSSR count). The molecule has 0 N–H and O–H groups in total. The molecule has 14 atom stereocenters. The van der Waals surface area contributed by atoms with Crippen LogP contribution in [0, 0.1) is 11.8 Å². The third kappa shape index (κ3) is 10.2. The molecule has 0 saturated carbocycles. The maximum absolute atomic E-state index is 9.54. The van der Waals surface area contributed by atoms with Crippen LogP contribution in [0.4, 0.5) is 0 Å². The van der Waals surface area contributed by atoms with Crippen LogP contribution >= 0.6 is 0 Å². The highest BCUT2D eigenvalue weighted by atomic mass is 16.8. The summed E-state index contributed by atoms with van der Waals surface area (Å²) in [4.78, 5) is 3.16. The van der Waals surface area contributed by atoms with Gasteiger partial charge < -0.3 is 47.4 Å². The molecular formula is C44H57N3O10. The van der Waals surface area contributed by atoms with Gasteiger partial charge in [-0.2, -0.15) is 0 Å². The summed E-state index contributed by atoms with van der Waals surface area (Å²) in [5.41, 5.74) is 12.7. The van der Waals surface area contributed by atoms with E-state index < -0.39 is 61.0 Å². The lowest BCUT2D eigenvalue weighted by Crippen LogP contribution is -2.62. The maximum Gasteiger partial charge on any atom is 0.187 e. The van der Waals surface area contributed by atoms with E-state index in [1.165, 1.54) is 0 Å². The van der Waals surface area contributed by atoms with E-state index >= 15 is 0 Å². The zero-order valence-electron chi connectivity index (χ0n) is 33.7. The number of ether oxygens (including phenoxy) is 10. The second kappa shape index (κ2) is 19.1. The van der Waals surface area contributed by atoms with Crippen molar-refractivity contribution >= 4 is 0 Å². The topological polar surface area (TPSA) is 141 Å². The first kappa shape index (κ1) is 41.7. The number of hydrogen-bond donors (Lipinski definition) is 0. The normalized spacial score (nSPS) is 36.2. The Morgan fingerprint density at radius 1 is 0.667 bits per heavy atom. The molecule has 3 aromatic carbocycles. The summed E-state index contributed by atoms with van der Waals surface area (Å²) >= 11 is 0. The first-order valence-corrected chi connectivity index (χ1v) is 20.2. The van der Waals surface area contributed by atoms with Gasteiger partial charge in [0, 0.05) is 10.8 Å². The summed E-state index contributed by atoms with van der Waals surface area (Å²) in [6, 6.07) is 29.6. The van der Waals surface area contributed by atoms with Crippen molar-refractivity contribution in [3.63, 3.8) is 0 Å². The number of rotatable bonds is 15. The standard InChI is InChI=1S/C44H57N3O10/c1-27-36(46-47-45)34(25-48-22-31-16-10-7-11-17-31)52-29(3)37(27)54-43-41-40(56-44(5,6)57-41)39(30(4)53-43)55-42-28(2)38(50-24-33-20-14-9-15-21-33)35(26-51-42)49-23-32-18-12-8-13-19-32/h7-21,27-30,34-43H,22-26H2,1-6H3/t27?,28?,29-,30?,34?,35+,36+,37?,38?,39-,40?,41?,42-,43-/m0/s1. The maximum atomic E-state index is 9.54. The molecule has 8 unspecified atom stereocenters. The van der Waals surface area contributed by atoms with Crippen molar-refractivity contribution in [2.45, 2.75) is 141 Å². The number of nitrogens with zero attached hydrogens (tertiary/aromatic N) is 3. The van der Waals surface area contributed by atoms with Crippen molar-refractivity contribution in [2.75, 3.05) is 13.2 Å². The fraction of sp³-hybridized carbons (Fsp3) is 0.591. The van der Waals surface area contributed by atoms with Gasteiger partial charge in [-0.15, -0.1) is 0 Å². The number of benzene rings is 3. The van der Waals surface area contributed by atoms with Crippen LogP contribution in [0.25, 0.3) is 10.4 Å². The van der Waals surface area contributed by atoms with Gasteiger partial charge in [0.25, 0.3) is 0 Å². The van der Waals surface area contributed by atoms with Gasteiger partial charge in [-0.05, 0) is 55.8 Å². The van der Waals surface area contributed by atoms with Gasteiger partial charge >= 0.3 is 0 Å². The molecule has 4 saturated heterocycles. The lowest BCUT2D eigenvalue weighted by Gasteiger charge is -2.48. The summed E-state index contributed by atoms with van der Waals surface area (Å²) in [6.07, 6.45) is -5.57. The van der Waals surface area contributed by atoms with Crippen molar-refractivity contribution < 1.29 is 47.4 Å². The molecule has 3 aromatic rings. The third-order valence-electron chi connectivity index (χ3n) is 11.3. The molecule has 13 nitrogen and oxygen atoms in total. The SMILES string of the molecule is CC1C(OCc2ccccc2)[C@H](OCc2ccccc2)CO[C@H]1O[C@H]1C(C)O[C@@H](OC2C(C)[C@@H](N=[N+]=[N-])C(COCc3ccccc3)O[C@H]2C)C2OC(C)(C)OC21. The average molecular weight is 788 g/mol. The van der Waals surface area contributed by atoms with Crippen molar-refractivity contribution in [1.29, 1.82) is 0 Å². The van der Waals surface area contributed by atoms with Crippen LogP contribution in [0.15, 0.2) is 96.1 Å². The monoisotopic (exact) mass is 787 g/mol. The minimum absolute atomic E-state index is 0.207. The third-order valence-corrected chi connectivity index (χ3v) is 11.3. The highest BCUT2D eigenvalue weighted by Gasteiger charge is 2.58. The van der Waals surface area contributed by atoms with Gasteiger partial charge in [0.2, 0.25) is 0 Å². The molecule has 4 heterocycles. The Morgan fingerprint density at radius 2 is 1.23 bits per heavy atom. The van der Waals surface area contributed by atoms with Crippen LogP contribution < -0.4 is 0 Å². The fourth-order valence-electron chi connectivity index (χ4n) is 8.43. The molecule has 0 bridgehead atoms. The molecule has 0 spiro atoms.